The average Bonchev–Trinajstić information content (AvgIpc) is 2.94. The van der Waals surface area contributed by atoms with Gasteiger partial charge in [-0.15, -0.1) is 5.10 Å². The molecule has 0 spiro atoms. The van der Waals surface area contributed by atoms with Gasteiger partial charge in [-0.05, 0) is 12.8 Å². The van der Waals surface area contributed by atoms with E-state index in [2.05, 4.69) is 14.6 Å². The molecule has 1 saturated heterocycles. The van der Waals surface area contributed by atoms with Crippen molar-refractivity contribution in [2.45, 2.75) is 25.2 Å². The summed E-state index contributed by atoms with van der Waals surface area (Å²) in [5.41, 5.74) is 5.25. The summed E-state index contributed by atoms with van der Waals surface area (Å²) in [4.78, 5) is 21.0. The summed E-state index contributed by atoms with van der Waals surface area (Å²) in [6.45, 7) is -0.185. The molecule has 1 aromatic rings. The molecule has 2 heterocycles. The molecule has 2 rings (SSSR count). The Morgan fingerprint density at radius 1 is 1.68 bits per heavy atom. The molecule has 0 bridgehead atoms. The highest BCUT2D eigenvalue weighted by Crippen LogP contribution is 2.37. The zero-order valence-corrected chi connectivity index (χ0v) is 10.7. The quantitative estimate of drug-likeness (QED) is 0.316. The van der Waals surface area contributed by atoms with E-state index in [1.165, 1.54) is 11.0 Å². The van der Waals surface area contributed by atoms with E-state index >= 15 is 0 Å². The van der Waals surface area contributed by atoms with Gasteiger partial charge < -0.3 is 20.3 Å². The van der Waals surface area contributed by atoms with Crippen LogP contribution in [0.1, 0.15) is 24.9 Å². The predicted octanol–water partition coefficient (Wildman–Crippen LogP) is -0.651. The van der Waals surface area contributed by atoms with Gasteiger partial charge in [0.15, 0.2) is 12.1 Å². The molecule has 0 amide bonds. The van der Waals surface area contributed by atoms with Gasteiger partial charge in [0.05, 0.1) is 12.7 Å². The Kier molecular flexibility index (Phi) is 3.97. The third-order valence-corrected chi connectivity index (χ3v) is 3.04. The molecule has 0 aromatic carbocycles. The second-order valence-electron chi connectivity index (χ2n) is 4.04. The van der Waals surface area contributed by atoms with E-state index in [-0.39, 0.29) is 18.3 Å². The van der Waals surface area contributed by atoms with E-state index in [0.717, 1.165) is 0 Å². The van der Waals surface area contributed by atoms with Crippen molar-refractivity contribution in [3.63, 3.8) is 0 Å². The van der Waals surface area contributed by atoms with Gasteiger partial charge in [-0.25, -0.2) is 14.2 Å². The van der Waals surface area contributed by atoms with Gasteiger partial charge in [0.2, 0.25) is 5.82 Å². The van der Waals surface area contributed by atoms with Gasteiger partial charge >= 0.3 is 7.82 Å². The third kappa shape index (κ3) is 3.82. The minimum atomic E-state index is -4.48. The second kappa shape index (κ2) is 5.35. The number of phosphoric acid groups is 1. The molecule has 5 N–H and O–H groups in total. The lowest BCUT2D eigenvalue weighted by atomic mass is 10.2. The summed E-state index contributed by atoms with van der Waals surface area (Å²) in [6.07, 6.45) is 1.78. The molecule has 1 aliphatic heterocycles. The van der Waals surface area contributed by atoms with Gasteiger partial charge in [0.25, 0.3) is 0 Å². The van der Waals surface area contributed by atoms with Crippen molar-refractivity contribution >= 4 is 13.7 Å². The first-order valence-corrected chi connectivity index (χ1v) is 6.99. The van der Waals surface area contributed by atoms with Crippen molar-refractivity contribution in [1.29, 1.82) is 5.41 Å². The molecule has 106 valence electrons. The van der Waals surface area contributed by atoms with Gasteiger partial charge in [0.1, 0.15) is 6.33 Å². The third-order valence-electron chi connectivity index (χ3n) is 2.56. The first kappa shape index (κ1) is 14.1. The molecule has 10 nitrogen and oxygen atoms in total. The maximum atomic E-state index is 10.6. The first-order valence-electron chi connectivity index (χ1n) is 5.46. The van der Waals surface area contributed by atoms with Crippen LogP contribution >= 0.6 is 7.82 Å². The molecule has 1 aliphatic rings. The summed E-state index contributed by atoms with van der Waals surface area (Å²) in [5, 5.41) is 11.2. The van der Waals surface area contributed by atoms with E-state index in [0.29, 0.717) is 12.8 Å². The highest BCUT2D eigenvalue weighted by Gasteiger charge is 2.29. The summed E-state index contributed by atoms with van der Waals surface area (Å²) in [7, 11) is -4.48. The average molecular weight is 291 g/mol. The number of nitrogens with two attached hydrogens (primary N) is 1. The molecule has 0 aliphatic carbocycles. The van der Waals surface area contributed by atoms with Crippen LogP contribution in [0.2, 0.25) is 0 Å². The van der Waals surface area contributed by atoms with E-state index in [4.69, 9.17) is 25.7 Å². The fourth-order valence-electron chi connectivity index (χ4n) is 1.72. The lowest BCUT2D eigenvalue weighted by Gasteiger charge is -2.13. The number of nitrogens with one attached hydrogen (secondary N) is 1. The van der Waals surface area contributed by atoms with E-state index in [1.54, 1.807) is 0 Å². The van der Waals surface area contributed by atoms with Crippen LogP contribution in [0, 0.1) is 5.41 Å². The fraction of sp³-hybridized carbons (Fsp3) is 0.625. The number of nitrogen functional groups attached to an aromatic ring is 1. The van der Waals surface area contributed by atoms with Crippen LogP contribution in [-0.4, -0.2) is 43.1 Å². The summed E-state index contributed by atoms with van der Waals surface area (Å²) in [5.74, 6) is -0.128. The van der Waals surface area contributed by atoms with Crippen molar-refractivity contribution in [2.75, 3.05) is 6.61 Å². The summed E-state index contributed by atoms with van der Waals surface area (Å²) >= 11 is 0. The number of rotatable bonds is 5. The molecule has 0 saturated carbocycles. The number of amidine groups is 1. The van der Waals surface area contributed by atoms with E-state index < -0.39 is 20.2 Å². The monoisotopic (exact) mass is 291 g/mol. The van der Waals surface area contributed by atoms with Crippen molar-refractivity contribution in [2.24, 2.45) is 5.73 Å². The molecule has 0 unspecified atom stereocenters. The highest BCUT2D eigenvalue weighted by atomic mass is 31.2. The Morgan fingerprint density at radius 3 is 3.00 bits per heavy atom. The van der Waals surface area contributed by atoms with Crippen molar-refractivity contribution < 1.29 is 23.6 Å². The van der Waals surface area contributed by atoms with Crippen LogP contribution < -0.4 is 5.73 Å². The predicted molar refractivity (Wildman–Crippen MR) is 62.2 cm³/mol. The minimum absolute atomic E-state index is 0.110. The Balaban J connectivity index is 1.90. The topological polar surface area (TPSA) is 157 Å². The highest BCUT2D eigenvalue weighted by molar-refractivity contribution is 7.46. The minimum Gasteiger partial charge on any atom is -0.381 e. The van der Waals surface area contributed by atoms with Gasteiger partial charge in [-0.3, -0.25) is 9.93 Å². The van der Waals surface area contributed by atoms with Crippen molar-refractivity contribution in [3.8, 4) is 0 Å². The van der Waals surface area contributed by atoms with Gasteiger partial charge in [-0.2, -0.15) is 0 Å². The molecule has 0 radical (unpaired) electrons. The standard InChI is InChI=1S/C8H14N5O5P/c9-7(10)8-11-4-13(12-8)6-2-1-5(18-6)3-17-19(14,15)16/h4-6H,1-3H2,(H3,9,10)(H2,14,15,16)/t5-,6+/m0/s1. The molecule has 2 atom stereocenters. The zero-order chi connectivity index (χ0) is 14.0. The van der Waals surface area contributed by atoms with Gasteiger partial charge in [0, 0.05) is 0 Å². The zero-order valence-electron chi connectivity index (χ0n) is 9.84. The normalized spacial score (nSPS) is 23.7. The molecular formula is C8H14N5O5P. The Bertz CT molecular complexity index is 513. The lowest BCUT2D eigenvalue weighted by molar-refractivity contribution is -0.0280. The maximum Gasteiger partial charge on any atom is 0.469 e. The molecule has 19 heavy (non-hydrogen) atoms. The van der Waals surface area contributed by atoms with Crippen LogP contribution in [0.4, 0.5) is 0 Å². The van der Waals surface area contributed by atoms with Crippen LogP contribution in [0.3, 0.4) is 0 Å². The number of hydrogen-bond acceptors (Lipinski definition) is 6. The van der Waals surface area contributed by atoms with Crippen LogP contribution in [0.15, 0.2) is 6.33 Å². The Hall–Kier alpha value is -1.32. The SMILES string of the molecule is N=C(N)c1ncn([C@H]2CC[C@@H](COP(=O)(O)O)O2)n1. The molecular weight excluding hydrogens is 277 g/mol. The van der Waals surface area contributed by atoms with Crippen LogP contribution in [-0.2, 0) is 13.8 Å². The number of hydrogen-bond donors (Lipinski definition) is 4. The Labute approximate surface area is 108 Å². The lowest BCUT2D eigenvalue weighted by Crippen LogP contribution is -2.17. The summed E-state index contributed by atoms with van der Waals surface area (Å²) < 4.78 is 21.9. The number of ether oxygens (including phenoxy) is 1. The molecule has 1 aromatic heterocycles. The second-order valence-corrected chi connectivity index (χ2v) is 5.28. The first-order chi connectivity index (χ1) is 8.85. The van der Waals surface area contributed by atoms with Crippen LogP contribution in [0.25, 0.3) is 0 Å². The number of aromatic nitrogens is 3. The number of nitrogens with zero attached hydrogens (tertiary/aromatic N) is 3. The fourth-order valence-corrected chi connectivity index (χ4v) is 2.08. The van der Waals surface area contributed by atoms with Crippen molar-refractivity contribution in [3.05, 3.63) is 12.2 Å². The Morgan fingerprint density at radius 2 is 2.42 bits per heavy atom. The van der Waals surface area contributed by atoms with Crippen molar-refractivity contribution in [1.82, 2.24) is 14.8 Å². The smallest absolute Gasteiger partial charge is 0.381 e. The number of phosphoric ester groups is 1. The van der Waals surface area contributed by atoms with E-state index in [1.807, 2.05) is 0 Å². The van der Waals surface area contributed by atoms with E-state index in [9.17, 15) is 4.57 Å². The maximum absolute atomic E-state index is 10.6. The largest absolute Gasteiger partial charge is 0.469 e. The molecule has 11 heteroatoms. The molecule has 1 fully saturated rings. The van der Waals surface area contributed by atoms with Crippen LogP contribution in [0.5, 0.6) is 0 Å². The van der Waals surface area contributed by atoms with Gasteiger partial charge in [-0.1, -0.05) is 0 Å². The summed E-state index contributed by atoms with van der Waals surface area (Å²) in [6, 6.07) is 0.